The summed E-state index contributed by atoms with van der Waals surface area (Å²) in [6.45, 7) is 4.15. The molecule has 94 valence electrons. The summed E-state index contributed by atoms with van der Waals surface area (Å²) in [6.07, 6.45) is 2.41. The average Bonchev–Trinajstić information content (AvgIpc) is 2.39. The number of anilines is 1. The Morgan fingerprint density at radius 2 is 2.35 bits per heavy atom. The van der Waals surface area contributed by atoms with Crippen molar-refractivity contribution >= 4 is 5.82 Å². The Bertz CT molecular complexity index is 367. The van der Waals surface area contributed by atoms with Crippen LogP contribution in [0.15, 0.2) is 18.2 Å². The monoisotopic (exact) mass is 235 g/mol. The van der Waals surface area contributed by atoms with Crippen molar-refractivity contribution in [2.75, 3.05) is 25.1 Å². The molecule has 0 aromatic carbocycles. The number of rotatable bonds is 3. The fraction of sp³-hybridized carbons (Fsp3) is 0.615. The van der Waals surface area contributed by atoms with E-state index in [1.165, 1.54) is 12.8 Å². The van der Waals surface area contributed by atoms with E-state index < -0.39 is 0 Å². The van der Waals surface area contributed by atoms with E-state index in [0.717, 1.165) is 18.9 Å². The van der Waals surface area contributed by atoms with Gasteiger partial charge in [0, 0.05) is 25.2 Å². The SMILES string of the molecule is COc1cccc(N2CCCC(C(C)N)C2)n1. The van der Waals surface area contributed by atoms with E-state index in [0.29, 0.717) is 11.8 Å². The van der Waals surface area contributed by atoms with Gasteiger partial charge < -0.3 is 15.4 Å². The summed E-state index contributed by atoms with van der Waals surface area (Å²) in [4.78, 5) is 6.78. The maximum atomic E-state index is 5.99. The van der Waals surface area contributed by atoms with Crippen LogP contribution in [-0.4, -0.2) is 31.2 Å². The molecule has 2 heterocycles. The van der Waals surface area contributed by atoms with Gasteiger partial charge in [0.05, 0.1) is 7.11 Å². The molecular weight excluding hydrogens is 214 g/mol. The number of hydrogen-bond acceptors (Lipinski definition) is 4. The van der Waals surface area contributed by atoms with Crippen LogP contribution in [0, 0.1) is 5.92 Å². The normalized spacial score (nSPS) is 22.3. The van der Waals surface area contributed by atoms with Crippen LogP contribution in [0.3, 0.4) is 0 Å². The molecule has 2 rings (SSSR count). The van der Waals surface area contributed by atoms with Crippen molar-refractivity contribution in [2.45, 2.75) is 25.8 Å². The Balaban J connectivity index is 2.10. The van der Waals surface area contributed by atoms with E-state index in [1.807, 2.05) is 18.2 Å². The van der Waals surface area contributed by atoms with Crippen LogP contribution in [-0.2, 0) is 0 Å². The van der Waals surface area contributed by atoms with E-state index in [2.05, 4.69) is 16.8 Å². The highest BCUT2D eigenvalue weighted by atomic mass is 16.5. The lowest BCUT2D eigenvalue weighted by Crippen LogP contribution is -2.42. The van der Waals surface area contributed by atoms with Gasteiger partial charge in [-0.3, -0.25) is 0 Å². The molecule has 17 heavy (non-hydrogen) atoms. The number of methoxy groups -OCH3 is 1. The van der Waals surface area contributed by atoms with Crippen molar-refractivity contribution in [3.8, 4) is 5.88 Å². The predicted octanol–water partition coefficient (Wildman–Crippen LogP) is 1.65. The van der Waals surface area contributed by atoms with Crippen molar-refractivity contribution in [1.82, 2.24) is 4.98 Å². The van der Waals surface area contributed by atoms with Crippen molar-refractivity contribution in [3.05, 3.63) is 18.2 Å². The summed E-state index contributed by atoms with van der Waals surface area (Å²) >= 11 is 0. The van der Waals surface area contributed by atoms with Crippen LogP contribution in [0.4, 0.5) is 5.82 Å². The smallest absolute Gasteiger partial charge is 0.214 e. The van der Waals surface area contributed by atoms with Gasteiger partial charge in [-0.25, -0.2) is 0 Å². The van der Waals surface area contributed by atoms with Crippen molar-refractivity contribution < 1.29 is 4.74 Å². The Morgan fingerprint density at radius 3 is 3.06 bits per heavy atom. The van der Waals surface area contributed by atoms with Crippen molar-refractivity contribution in [2.24, 2.45) is 11.7 Å². The highest BCUT2D eigenvalue weighted by Crippen LogP contribution is 2.24. The lowest BCUT2D eigenvalue weighted by Gasteiger charge is -2.35. The zero-order valence-electron chi connectivity index (χ0n) is 10.6. The third-order valence-corrected chi connectivity index (χ3v) is 3.44. The van der Waals surface area contributed by atoms with E-state index in [1.54, 1.807) is 7.11 Å². The van der Waals surface area contributed by atoms with Crippen LogP contribution < -0.4 is 15.4 Å². The Labute approximate surface area is 103 Å². The van der Waals surface area contributed by atoms with Gasteiger partial charge >= 0.3 is 0 Å². The second-order valence-corrected chi connectivity index (χ2v) is 4.75. The van der Waals surface area contributed by atoms with E-state index in [-0.39, 0.29) is 6.04 Å². The molecule has 0 spiro atoms. The zero-order chi connectivity index (χ0) is 12.3. The van der Waals surface area contributed by atoms with Crippen molar-refractivity contribution in [1.29, 1.82) is 0 Å². The minimum Gasteiger partial charge on any atom is -0.481 e. The summed E-state index contributed by atoms with van der Waals surface area (Å²) in [5.74, 6) is 2.23. The first kappa shape index (κ1) is 12.2. The fourth-order valence-corrected chi connectivity index (χ4v) is 2.34. The standard InChI is InChI=1S/C13H21N3O/c1-10(14)11-5-4-8-16(9-11)12-6-3-7-13(15-12)17-2/h3,6-7,10-11H,4-5,8-9,14H2,1-2H3. The number of ether oxygens (including phenoxy) is 1. The maximum Gasteiger partial charge on any atom is 0.214 e. The van der Waals surface area contributed by atoms with Gasteiger partial charge in [0.25, 0.3) is 0 Å². The van der Waals surface area contributed by atoms with Gasteiger partial charge in [-0.15, -0.1) is 0 Å². The zero-order valence-corrected chi connectivity index (χ0v) is 10.6. The molecule has 1 aromatic heterocycles. The molecule has 1 aliphatic heterocycles. The molecule has 4 nitrogen and oxygen atoms in total. The van der Waals surface area contributed by atoms with Crippen LogP contribution >= 0.6 is 0 Å². The van der Waals surface area contributed by atoms with Gasteiger partial charge in [-0.2, -0.15) is 4.98 Å². The van der Waals surface area contributed by atoms with Gasteiger partial charge in [0.1, 0.15) is 5.82 Å². The Morgan fingerprint density at radius 1 is 1.53 bits per heavy atom. The lowest BCUT2D eigenvalue weighted by atomic mass is 9.92. The van der Waals surface area contributed by atoms with Crippen LogP contribution in [0.1, 0.15) is 19.8 Å². The molecule has 0 bridgehead atoms. The number of nitrogens with zero attached hydrogens (tertiary/aromatic N) is 2. The lowest BCUT2D eigenvalue weighted by molar-refractivity contribution is 0.361. The molecule has 4 heteroatoms. The van der Waals surface area contributed by atoms with Gasteiger partial charge in [-0.1, -0.05) is 6.07 Å². The molecule has 0 saturated carbocycles. The minimum atomic E-state index is 0.253. The molecule has 2 N–H and O–H groups in total. The summed E-state index contributed by atoms with van der Waals surface area (Å²) in [5.41, 5.74) is 5.99. The molecule has 0 amide bonds. The first-order valence-electron chi connectivity index (χ1n) is 6.22. The Hall–Kier alpha value is -1.29. The summed E-state index contributed by atoms with van der Waals surface area (Å²) in [5, 5.41) is 0. The quantitative estimate of drug-likeness (QED) is 0.865. The molecule has 1 saturated heterocycles. The molecule has 2 atom stereocenters. The van der Waals surface area contributed by atoms with Crippen LogP contribution in [0.2, 0.25) is 0 Å². The number of hydrogen-bond donors (Lipinski definition) is 1. The predicted molar refractivity (Wildman–Crippen MR) is 69.4 cm³/mol. The number of aromatic nitrogens is 1. The van der Waals surface area contributed by atoms with Crippen LogP contribution in [0.25, 0.3) is 0 Å². The fourth-order valence-electron chi connectivity index (χ4n) is 2.34. The number of nitrogens with two attached hydrogens (primary N) is 1. The topological polar surface area (TPSA) is 51.4 Å². The second-order valence-electron chi connectivity index (χ2n) is 4.75. The molecule has 0 aliphatic carbocycles. The number of pyridine rings is 1. The number of piperidine rings is 1. The minimum absolute atomic E-state index is 0.253. The van der Waals surface area contributed by atoms with Crippen molar-refractivity contribution in [3.63, 3.8) is 0 Å². The van der Waals surface area contributed by atoms with E-state index in [9.17, 15) is 0 Å². The first-order valence-corrected chi connectivity index (χ1v) is 6.22. The van der Waals surface area contributed by atoms with Gasteiger partial charge in [0.15, 0.2) is 0 Å². The third-order valence-electron chi connectivity index (χ3n) is 3.44. The highest BCUT2D eigenvalue weighted by molar-refractivity contribution is 5.41. The molecule has 0 radical (unpaired) electrons. The summed E-state index contributed by atoms with van der Waals surface area (Å²) in [7, 11) is 1.65. The third kappa shape index (κ3) is 2.88. The first-order chi connectivity index (χ1) is 8.20. The highest BCUT2D eigenvalue weighted by Gasteiger charge is 2.23. The van der Waals surface area contributed by atoms with Crippen LogP contribution in [0.5, 0.6) is 5.88 Å². The second kappa shape index (κ2) is 5.36. The molecule has 1 fully saturated rings. The van der Waals surface area contributed by atoms with E-state index in [4.69, 9.17) is 10.5 Å². The Kier molecular flexibility index (Phi) is 3.84. The van der Waals surface area contributed by atoms with Gasteiger partial charge in [0.2, 0.25) is 5.88 Å². The molecule has 2 unspecified atom stereocenters. The summed E-state index contributed by atoms with van der Waals surface area (Å²) in [6, 6.07) is 6.14. The maximum absolute atomic E-state index is 5.99. The molecular formula is C13H21N3O. The van der Waals surface area contributed by atoms with Gasteiger partial charge in [-0.05, 0) is 31.7 Å². The molecule has 1 aliphatic rings. The summed E-state index contributed by atoms with van der Waals surface area (Å²) < 4.78 is 5.16. The largest absolute Gasteiger partial charge is 0.481 e. The average molecular weight is 235 g/mol. The van der Waals surface area contributed by atoms with E-state index >= 15 is 0 Å². The molecule has 1 aromatic rings.